The van der Waals surface area contributed by atoms with Gasteiger partial charge in [0.2, 0.25) is 5.91 Å². The molecule has 1 fully saturated rings. The lowest BCUT2D eigenvalue weighted by Gasteiger charge is -2.27. The molecule has 0 saturated heterocycles. The topological polar surface area (TPSA) is 84.9 Å². The molecule has 0 aromatic heterocycles. The van der Waals surface area contributed by atoms with Crippen molar-refractivity contribution in [2.75, 3.05) is 13.2 Å². The number of amides is 2. The monoisotopic (exact) mass is 410 g/mol. The number of hydrogen-bond acceptors (Lipinski definition) is 5. The summed E-state index contributed by atoms with van der Waals surface area (Å²) in [6.07, 6.45) is 0.348. The molecular formula is C23H26N2O5. The molecule has 158 valence electrons. The Bertz CT molecular complexity index is 866. The van der Waals surface area contributed by atoms with Crippen molar-refractivity contribution >= 4 is 18.0 Å². The first kappa shape index (κ1) is 21.4. The zero-order chi connectivity index (χ0) is 21.4. The number of alkyl carbamates (subject to hydrolysis) is 1. The van der Waals surface area contributed by atoms with Crippen LogP contribution in [0, 0.1) is 0 Å². The highest BCUT2D eigenvalue weighted by Crippen LogP contribution is 2.37. The second-order valence-electron chi connectivity index (χ2n) is 7.22. The minimum atomic E-state index is -1.03. The van der Waals surface area contributed by atoms with Crippen molar-refractivity contribution < 1.29 is 23.9 Å². The highest BCUT2D eigenvalue weighted by molar-refractivity contribution is 5.94. The third-order valence-electron chi connectivity index (χ3n) is 4.84. The summed E-state index contributed by atoms with van der Waals surface area (Å²) in [5, 5.41) is 2.70. The summed E-state index contributed by atoms with van der Waals surface area (Å²) in [6, 6.07) is 18.7. The Kier molecular flexibility index (Phi) is 7.06. The molecule has 1 N–H and O–H groups in total. The van der Waals surface area contributed by atoms with E-state index in [4.69, 9.17) is 9.47 Å². The molecule has 0 aliphatic heterocycles. The molecule has 30 heavy (non-hydrogen) atoms. The van der Waals surface area contributed by atoms with Crippen molar-refractivity contribution in [3.63, 3.8) is 0 Å². The van der Waals surface area contributed by atoms with Gasteiger partial charge in [-0.15, -0.1) is 0 Å². The fraction of sp³-hybridized carbons (Fsp3) is 0.348. The summed E-state index contributed by atoms with van der Waals surface area (Å²) < 4.78 is 10.3. The van der Waals surface area contributed by atoms with E-state index in [9.17, 15) is 14.4 Å². The van der Waals surface area contributed by atoms with Crippen molar-refractivity contribution in [2.24, 2.45) is 0 Å². The summed E-state index contributed by atoms with van der Waals surface area (Å²) in [5.41, 5.74) is 0.712. The van der Waals surface area contributed by atoms with E-state index < -0.39 is 17.6 Å². The second kappa shape index (κ2) is 9.91. The minimum Gasteiger partial charge on any atom is -0.465 e. The number of hydrogen-bond donors (Lipinski definition) is 1. The minimum absolute atomic E-state index is 0.119. The van der Waals surface area contributed by atoms with Crippen LogP contribution in [0.15, 0.2) is 60.7 Å². The Hall–Kier alpha value is -3.35. The van der Waals surface area contributed by atoms with Gasteiger partial charge in [0.05, 0.1) is 6.61 Å². The van der Waals surface area contributed by atoms with Crippen LogP contribution >= 0.6 is 0 Å². The number of nitrogens with zero attached hydrogens (tertiary/aromatic N) is 1. The Balaban J connectivity index is 1.64. The molecule has 2 aromatic carbocycles. The molecule has 0 radical (unpaired) electrons. The molecule has 1 saturated carbocycles. The molecule has 1 aliphatic rings. The Morgan fingerprint density at radius 1 is 0.933 bits per heavy atom. The lowest BCUT2D eigenvalue weighted by atomic mass is 10.1. The van der Waals surface area contributed by atoms with Crippen LogP contribution in [0.4, 0.5) is 4.79 Å². The van der Waals surface area contributed by atoms with Gasteiger partial charge in [0.25, 0.3) is 0 Å². The van der Waals surface area contributed by atoms with Crippen molar-refractivity contribution in [1.82, 2.24) is 10.2 Å². The van der Waals surface area contributed by atoms with Crippen LogP contribution in [0.1, 0.15) is 30.9 Å². The largest absolute Gasteiger partial charge is 0.465 e. The molecule has 0 bridgehead atoms. The molecule has 0 unspecified atom stereocenters. The summed E-state index contributed by atoms with van der Waals surface area (Å²) in [7, 11) is 0. The molecule has 1 aliphatic carbocycles. The zero-order valence-corrected chi connectivity index (χ0v) is 17.0. The Morgan fingerprint density at radius 3 is 2.10 bits per heavy atom. The van der Waals surface area contributed by atoms with E-state index in [-0.39, 0.29) is 32.2 Å². The number of esters is 1. The van der Waals surface area contributed by atoms with Gasteiger partial charge in [0, 0.05) is 6.54 Å². The predicted molar refractivity (Wildman–Crippen MR) is 110 cm³/mol. The number of nitrogens with one attached hydrogen (secondary N) is 1. The summed E-state index contributed by atoms with van der Waals surface area (Å²) in [4.78, 5) is 39.0. The molecule has 3 rings (SSSR count). The van der Waals surface area contributed by atoms with Crippen LogP contribution in [0.25, 0.3) is 0 Å². The molecule has 0 heterocycles. The van der Waals surface area contributed by atoms with Crippen LogP contribution in [0.5, 0.6) is 0 Å². The average molecular weight is 410 g/mol. The van der Waals surface area contributed by atoms with Gasteiger partial charge in [-0.05, 0) is 30.9 Å². The summed E-state index contributed by atoms with van der Waals surface area (Å²) in [6.45, 7) is 2.15. The third-order valence-corrected chi connectivity index (χ3v) is 4.84. The average Bonchev–Trinajstić information content (AvgIpc) is 3.53. The van der Waals surface area contributed by atoms with Crippen LogP contribution in [0.3, 0.4) is 0 Å². The number of ether oxygens (including phenoxy) is 2. The Labute approximate surface area is 176 Å². The molecule has 0 atom stereocenters. The third kappa shape index (κ3) is 5.83. The maximum absolute atomic E-state index is 13.2. The number of rotatable bonds is 9. The van der Waals surface area contributed by atoms with Crippen LogP contribution in [0.2, 0.25) is 0 Å². The van der Waals surface area contributed by atoms with Crippen molar-refractivity contribution in [1.29, 1.82) is 0 Å². The maximum atomic E-state index is 13.2. The molecule has 2 amide bonds. The highest BCUT2D eigenvalue weighted by atomic mass is 16.5. The van der Waals surface area contributed by atoms with Crippen molar-refractivity contribution in [3.8, 4) is 0 Å². The van der Waals surface area contributed by atoms with Gasteiger partial charge in [-0.3, -0.25) is 9.59 Å². The van der Waals surface area contributed by atoms with Crippen molar-refractivity contribution in [3.05, 3.63) is 71.8 Å². The van der Waals surface area contributed by atoms with Crippen LogP contribution < -0.4 is 5.32 Å². The fourth-order valence-electron chi connectivity index (χ4n) is 3.14. The molecule has 2 aromatic rings. The molecule has 7 nitrogen and oxygen atoms in total. The van der Waals surface area contributed by atoms with E-state index in [0.717, 1.165) is 11.1 Å². The molecule has 0 spiro atoms. The quantitative estimate of drug-likeness (QED) is 0.643. The van der Waals surface area contributed by atoms with Gasteiger partial charge < -0.3 is 19.7 Å². The van der Waals surface area contributed by atoms with E-state index >= 15 is 0 Å². The first-order chi connectivity index (χ1) is 14.5. The SMILES string of the molecule is CCOC(=O)CN(Cc1ccccc1)C(=O)C1(NC(=O)OCc2ccccc2)CC1. The number of benzene rings is 2. The number of carbonyl (C=O) groups excluding carboxylic acids is 3. The van der Waals surface area contributed by atoms with Gasteiger partial charge in [-0.2, -0.15) is 0 Å². The van der Waals surface area contributed by atoms with Gasteiger partial charge in [0.15, 0.2) is 0 Å². The van der Waals surface area contributed by atoms with E-state index in [0.29, 0.717) is 12.8 Å². The maximum Gasteiger partial charge on any atom is 0.408 e. The summed E-state index contributed by atoms with van der Waals surface area (Å²) >= 11 is 0. The smallest absolute Gasteiger partial charge is 0.408 e. The molecule has 7 heteroatoms. The lowest BCUT2D eigenvalue weighted by Crippen LogP contribution is -2.51. The predicted octanol–water partition coefficient (Wildman–Crippen LogP) is 3.04. The number of carbonyl (C=O) groups is 3. The van der Waals surface area contributed by atoms with Gasteiger partial charge in [-0.25, -0.2) is 4.79 Å². The van der Waals surface area contributed by atoms with E-state index in [2.05, 4.69) is 5.32 Å². The highest BCUT2D eigenvalue weighted by Gasteiger charge is 2.53. The van der Waals surface area contributed by atoms with Crippen LogP contribution in [-0.4, -0.2) is 41.6 Å². The first-order valence-electron chi connectivity index (χ1n) is 10.0. The van der Waals surface area contributed by atoms with Gasteiger partial charge in [0.1, 0.15) is 18.7 Å². The summed E-state index contributed by atoms with van der Waals surface area (Å²) in [5.74, 6) is -0.791. The fourth-order valence-corrected chi connectivity index (χ4v) is 3.14. The van der Waals surface area contributed by atoms with E-state index in [1.54, 1.807) is 6.92 Å². The molecular weight excluding hydrogens is 384 g/mol. The standard InChI is InChI=1S/C23H26N2O5/c1-2-29-20(26)16-25(15-18-9-5-3-6-10-18)21(27)23(13-14-23)24-22(28)30-17-19-11-7-4-8-12-19/h3-12H,2,13-17H2,1H3,(H,24,28). The zero-order valence-electron chi connectivity index (χ0n) is 17.0. The Morgan fingerprint density at radius 2 is 1.53 bits per heavy atom. The van der Waals surface area contributed by atoms with Crippen molar-refractivity contribution in [2.45, 2.75) is 38.5 Å². The van der Waals surface area contributed by atoms with Crippen LogP contribution in [-0.2, 0) is 32.2 Å². The first-order valence-corrected chi connectivity index (χ1v) is 10.0. The van der Waals surface area contributed by atoms with E-state index in [1.165, 1.54) is 4.90 Å². The van der Waals surface area contributed by atoms with Gasteiger partial charge in [-0.1, -0.05) is 60.7 Å². The van der Waals surface area contributed by atoms with E-state index in [1.807, 2.05) is 60.7 Å². The lowest BCUT2D eigenvalue weighted by molar-refractivity contribution is -0.150. The second-order valence-corrected chi connectivity index (χ2v) is 7.22. The van der Waals surface area contributed by atoms with Gasteiger partial charge >= 0.3 is 12.1 Å². The normalized spacial score (nSPS) is 13.8.